The van der Waals surface area contributed by atoms with Gasteiger partial charge < -0.3 is 9.64 Å². The average molecular weight is 496 g/mol. The SMILES string of the molecule is COc1cccc(C2=NN(C(=O)CN(C)C(=O)c3ccccc3Cl)[C@@H](c3ccc(Cl)cc3)C2)c1. The summed E-state index contributed by atoms with van der Waals surface area (Å²) >= 11 is 12.2. The molecule has 34 heavy (non-hydrogen) atoms. The van der Waals surface area contributed by atoms with E-state index in [1.807, 2.05) is 36.4 Å². The van der Waals surface area contributed by atoms with Gasteiger partial charge in [-0.25, -0.2) is 5.01 Å². The minimum atomic E-state index is -0.335. The molecule has 1 heterocycles. The molecule has 0 spiro atoms. The van der Waals surface area contributed by atoms with E-state index in [9.17, 15) is 9.59 Å². The van der Waals surface area contributed by atoms with E-state index in [1.54, 1.807) is 50.6 Å². The molecule has 0 radical (unpaired) electrons. The summed E-state index contributed by atoms with van der Waals surface area (Å²) in [6.45, 7) is -0.150. The van der Waals surface area contributed by atoms with Crippen molar-refractivity contribution in [2.45, 2.75) is 12.5 Å². The van der Waals surface area contributed by atoms with Gasteiger partial charge in [0.2, 0.25) is 0 Å². The molecule has 3 aromatic carbocycles. The van der Waals surface area contributed by atoms with Crippen LogP contribution in [-0.2, 0) is 4.79 Å². The van der Waals surface area contributed by atoms with Crippen LogP contribution < -0.4 is 4.74 Å². The van der Waals surface area contributed by atoms with Crippen molar-refractivity contribution in [3.8, 4) is 5.75 Å². The number of likely N-dealkylation sites (N-methyl/N-ethyl adjacent to an activating group) is 1. The number of halogens is 2. The fraction of sp³-hybridized carbons (Fsp3) is 0.192. The number of hydrazone groups is 1. The monoisotopic (exact) mass is 495 g/mol. The van der Waals surface area contributed by atoms with Crippen LogP contribution in [0.1, 0.15) is 33.9 Å². The zero-order chi connectivity index (χ0) is 24.2. The molecule has 2 amide bonds. The van der Waals surface area contributed by atoms with E-state index in [4.69, 9.17) is 27.9 Å². The molecule has 8 heteroatoms. The van der Waals surface area contributed by atoms with Gasteiger partial charge in [0.05, 0.1) is 29.4 Å². The summed E-state index contributed by atoms with van der Waals surface area (Å²) in [5.41, 5.74) is 2.87. The van der Waals surface area contributed by atoms with E-state index in [1.165, 1.54) is 9.91 Å². The van der Waals surface area contributed by atoms with Crippen molar-refractivity contribution >= 4 is 40.7 Å². The van der Waals surface area contributed by atoms with E-state index in [0.29, 0.717) is 27.8 Å². The van der Waals surface area contributed by atoms with Gasteiger partial charge >= 0.3 is 0 Å². The van der Waals surface area contributed by atoms with Crippen molar-refractivity contribution in [1.82, 2.24) is 9.91 Å². The first-order chi connectivity index (χ1) is 16.4. The van der Waals surface area contributed by atoms with E-state index in [-0.39, 0.29) is 24.4 Å². The number of benzene rings is 3. The summed E-state index contributed by atoms with van der Waals surface area (Å²) in [5, 5.41) is 7.07. The number of ether oxygens (including phenoxy) is 1. The maximum atomic E-state index is 13.4. The highest BCUT2D eigenvalue weighted by Gasteiger charge is 2.34. The van der Waals surface area contributed by atoms with E-state index < -0.39 is 0 Å². The van der Waals surface area contributed by atoms with Crippen molar-refractivity contribution in [3.63, 3.8) is 0 Å². The molecule has 0 fully saturated rings. The molecule has 0 saturated heterocycles. The summed E-state index contributed by atoms with van der Waals surface area (Å²) in [5.74, 6) is 0.0667. The van der Waals surface area contributed by atoms with Gasteiger partial charge in [-0.05, 0) is 42.0 Å². The number of carbonyl (C=O) groups is 2. The molecule has 6 nitrogen and oxygen atoms in total. The van der Waals surface area contributed by atoms with Crippen LogP contribution in [0.15, 0.2) is 77.9 Å². The first kappa shape index (κ1) is 23.8. The second-order valence-electron chi connectivity index (χ2n) is 7.93. The lowest BCUT2D eigenvalue weighted by Crippen LogP contribution is -2.39. The maximum Gasteiger partial charge on any atom is 0.262 e. The van der Waals surface area contributed by atoms with Gasteiger partial charge in [-0.1, -0.05) is 59.6 Å². The van der Waals surface area contributed by atoms with Crippen LogP contribution >= 0.6 is 23.2 Å². The second kappa shape index (κ2) is 10.3. The van der Waals surface area contributed by atoms with Crippen molar-refractivity contribution in [1.29, 1.82) is 0 Å². The van der Waals surface area contributed by atoms with Crippen LogP contribution in [-0.4, -0.2) is 48.1 Å². The van der Waals surface area contributed by atoms with E-state index >= 15 is 0 Å². The van der Waals surface area contributed by atoms with Crippen molar-refractivity contribution in [3.05, 3.63) is 99.5 Å². The van der Waals surface area contributed by atoms with Gasteiger partial charge in [0.25, 0.3) is 11.8 Å². The van der Waals surface area contributed by atoms with Crippen molar-refractivity contribution in [2.24, 2.45) is 5.10 Å². The van der Waals surface area contributed by atoms with Crippen LogP contribution in [0.3, 0.4) is 0 Å². The molecule has 1 atom stereocenters. The third-order valence-electron chi connectivity index (χ3n) is 5.65. The number of carbonyl (C=O) groups excluding carboxylic acids is 2. The van der Waals surface area contributed by atoms with Gasteiger partial charge in [0.1, 0.15) is 12.3 Å². The topological polar surface area (TPSA) is 62.2 Å². The Kier molecular flexibility index (Phi) is 7.20. The summed E-state index contributed by atoms with van der Waals surface area (Å²) in [7, 11) is 3.18. The van der Waals surface area contributed by atoms with Crippen LogP contribution in [0.5, 0.6) is 5.75 Å². The third kappa shape index (κ3) is 5.08. The Labute approximate surface area is 208 Å². The molecule has 0 aliphatic carbocycles. The van der Waals surface area contributed by atoms with E-state index in [2.05, 4.69) is 5.10 Å². The predicted octanol–water partition coefficient (Wildman–Crippen LogP) is 5.45. The van der Waals surface area contributed by atoms with Gasteiger partial charge in [0.15, 0.2) is 0 Å². The summed E-state index contributed by atoms with van der Waals surface area (Å²) in [6.07, 6.45) is 0.517. The normalized spacial score (nSPS) is 15.1. The Morgan fingerprint density at radius 1 is 1.06 bits per heavy atom. The lowest BCUT2D eigenvalue weighted by molar-refractivity contribution is -0.133. The van der Waals surface area contributed by atoms with Crippen LogP contribution in [0, 0.1) is 0 Å². The Hall–Kier alpha value is -3.35. The van der Waals surface area contributed by atoms with Gasteiger partial charge in [-0.15, -0.1) is 0 Å². The highest BCUT2D eigenvalue weighted by atomic mass is 35.5. The molecular formula is C26H23Cl2N3O3. The zero-order valence-electron chi connectivity index (χ0n) is 18.7. The van der Waals surface area contributed by atoms with Gasteiger partial charge in [-0.3, -0.25) is 9.59 Å². The van der Waals surface area contributed by atoms with Crippen LogP contribution in [0.2, 0.25) is 10.0 Å². The molecule has 1 aliphatic rings. The molecule has 0 N–H and O–H groups in total. The largest absolute Gasteiger partial charge is 0.497 e. The highest BCUT2D eigenvalue weighted by Crippen LogP contribution is 2.34. The smallest absolute Gasteiger partial charge is 0.262 e. The standard InChI is InChI=1S/C26H23Cl2N3O3/c1-30(26(33)21-8-3-4-9-22(21)28)16-25(32)31-24(17-10-12-19(27)13-11-17)15-23(29-31)18-6-5-7-20(14-18)34-2/h3-14,24H,15-16H2,1-2H3/t24-/m1/s1. The lowest BCUT2D eigenvalue weighted by Gasteiger charge is -2.25. The number of amides is 2. The Morgan fingerprint density at radius 3 is 2.50 bits per heavy atom. The Morgan fingerprint density at radius 2 is 1.79 bits per heavy atom. The number of hydrogen-bond acceptors (Lipinski definition) is 4. The van der Waals surface area contributed by atoms with E-state index in [0.717, 1.165) is 16.8 Å². The number of hydrogen-bond donors (Lipinski definition) is 0. The fourth-order valence-electron chi connectivity index (χ4n) is 3.85. The predicted molar refractivity (Wildman–Crippen MR) is 134 cm³/mol. The minimum Gasteiger partial charge on any atom is -0.497 e. The van der Waals surface area contributed by atoms with Crippen molar-refractivity contribution in [2.75, 3.05) is 20.7 Å². The quantitative estimate of drug-likeness (QED) is 0.456. The molecule has 0 bridgehead atoms. The number of rotatable bonds is 6. The zero-order valence-corrected chi connectivity index (χ0v) is 20.3. The first-order valence-corrected chi connectivity index (χ1v) is 11.4. The van der Waals surface area contributed by atoms with Gasteiger partial charge in [0, 0.05) is 24.1 Å². The Bertz CT molecular complexity index is 1240. The average Bonchev–Trinajstić information content (AvgIpc) is 3.30. The maximum absolute atomic E-state index is 13.4. The van der Waals surface area contributed by atoms with Crippen LogP contribution in [0.25, 0.3) is 0 Å². The third-order valence-corrected chi connectivity index (χ3v) is 6.23. The van der Waals surface area contributed by atoms with Crippen molar-refractivity contribution < 1.29 is 14.3 Å². The lowest BCUT2D eigenvalue weighted by atomic mass is 9.98. The second-order valence-corrected chi connectivity index (χ2v) is 8.77. The van der Waals surface area contributed by atoms with Gasteiger partial charge in [-0.2, -0.15) is 5.10 Å². The highest BCUT2D eigenvalue weighted by molar-refractivity contribution is 6.33. The molecule has 4 rings (SSSR count). The summed E-state index contributed by atoms with van der Waals surface area (Å²) in [4.78, 5) is 27.6. The molecule has 0 unspecified atom stereocenters. The first-order valence-electron chi connectivity index (χ1n) is 10.7. The molecule has 1 aliphatic heterocycles. The fourth-order valence-corrected chi connectivity index (χ4v) is 4.19. The summed E-state index contributed by atoms with van der Waals surface area (Å²) < 4.78 is 5.34. The molecule has 174 valence electrons. The van der Waals surface area contributed by atoms with Crippen LogP contribution in [0.4, 0.5) is 0 Å². The molecule has 3 aromatic rings. The molecule has 0 aromatic heterocycles. The molecule has 0 saturated carbocycles. The number of nitrogens with zero attached hydrogens (tertiary/aromatic N) is 3. The summed E-state index contributed by atoms with van der Waals surface area (Å²) in [6, 6.07) is 21.3. The number of methoxy groups -OCH3 is 1. The Balaban J connectivity index is 1.61. The molecular weight excluding hydrogens is 473 g/mol. The minimum absolute atomic E-state index is 0.150.